The van der Waals surface area contributed by atoms with Crippen molar-refractivity contribution in [2.45, 2.75) is 37.8 Å². The standard InChI is InChI=1S/C18H20N2O2S2/c1-18(2)8-12-13(10-22-18)24-15-14(12)16(21)20(17(23)19-15)9-11-6-4-3-5-7-11/h3-7,14-15H,8-10H2,1-2H3,(H,19,23). The molecule has 1 N–H and O–H groups in total. The van der Waals surface area contributed by atoms with Gasteiger partial charge in [-0.2, -0.15) is 0 Å². The zero-order valence-electron chi connectivity index (χ0n) is 13.7. The highest BCUT2D eigenvalue weighted by atomic mass is 32.2. The van der Waals surface area contributed by atoms with Gasteiger partial charge in [0, 0.05) is 4.91 Å². The van der Waals surface area contributed by atoms with Crippen LogP contribution in [-0.2, 0) is 16.1 Å². The van der Waals surface area contributed by atoms with Crippen LogP contribution in [0.2, 0.25) is 0 Å². The molecule has 1 fully saturated rings. The van der Waals surface area contributed by atoms with Crippen LogP contribution in [0.4, 0.5) is 0 Å². The van der Waals surface area contributed by atoms with E-state index >= 15 is 0 Å². The topological polar surface area (TPSA) is 41.6 Å². The Kier molecular flexibility index (Phi) is 3.94. The van der Waals surface area contributed by atoms with Gasteiger partial charge in [0.15, 0.2) is 5.11 Å². The van der Waals surface area contributed by atoms with E-state index in [0.717, 1.165) is 12.0 Å². The van der Waals surface area contributed by atoms with Gasteiger partial charge in [0.05, 0.1) is 30.0 Å². The molecule has 126 valence electrons. The first-order chi connectivity index (χ1) is 11.4. The molecule has 0 spiro atoms. The predicted molar refractivity (Wildman–Crippen MR) is 99.3 cm³/mol. The molecule has 1 amide bonds. The van der Waals surface area contributed by atoms with Crippen molar-refractivity contribution in [1.82, 2.24) is 10.2 Å². The smallest absolute Gasteiger partial charge is 0.239 e. The lowest BCUT2D eigenvalue weighted by atomic mass is 9.85. The molecule has 3 aliphatic rings. The molecule has 1 aromatic carbocycles. The molecule has 3 aliphatic heterocycles. The van der Waals surface area contributed by atoms with Crippen LogP contribution in [0.5, 0.6) is 0 Å². The summed E-state index contributed by atoms with van der Waals surface area (Å²) in [7, 11) is 0. The first-order valence-corrected chi connectivity index (χ1v) is 9.42. The molecule has 0 aromatic heterocycles. The van der Waals surface area contributed by atoms with Crippen LogP contribution < -0.4 is 5.32 Å². The van der Waals surface area contributed by atoms with Crippen LogP contribution in [0.1, 0.15) is 25.8 Å². The summed E-state index contributed by atoms with van der Waals surface area (Å²) in [5.74, 6) is -0.0219. The van der Waals surface area contributed by atoms with E-state index < -0.39 is 0 Å². The molecule has 0 bridgehead atoms. The number of hydrogen-bond donors (Lipinski definition) is 1. The predicted octanol–water partition coefficient (Wildman–Crippen LogP) is 3.05. The van der Waals surface area contributed by atoms with Crippen molar-refractivity contribution in [3.8, 4) is 0 Å². The Bertz CT molecular complexity index is 730. The van der Waals surface area contributed by atoms with Gasteiger partial charge in [-0.1, -0.05) is 30.3 Å². The molecule has 3 heterocycles. The van der Waals surface area contributed by atoms with Crippen molar-refractivity contribution in [3.63, 3.8) is 0 Å². The van der Waals surface area contributed by atoms with Gasteiger partial charge < -0.3 is 10.1 Å². The lowest BCUT2D eigenvalue weighted by molar-refractivity contribution is -0.132. The number of amides is 1. The highest BCUT2D eigenvalue weighted by Crippen LogP contribution is 2.49. The van der Waals surface area contributed by atoms with Gasteiger partial charge in [0.1, 0.15) is 0 Å². The van der Waals surface area contributed by atoms with E-state index in [-0.39, 0.29) is 22.8 Å². The third-order valence-electron chi connectivity index (χ3n) is 4.74. The van der Waals surface area contributed by atoms with E-state index in [1.54, 1.807) is 16.7 Å². The van der Waals surface area contributed by atoms with Gasteiger partial charge in [0.25, 0.3) is 0 Å². The third kappa shape index (κ3) is 2.76. The number of nitrogens with one attached hydrogen (secondary N) is 1. The van der Waals surface area contributed by atoms with Gasteiger partial charge in [0.2, 0.25) is 5.91 Å². The third-order valence-corrected chi connectivity index (χ3v) is 6.39. The number of carbonyl (C=O) groups is 1. The van der Waals surface area contributed by atoms with Gasteiger partial charge >= 0.3 is 0 Å². The highest BCUT2D eigenvalue weighted by molar-refractivity contribution is 8.04. The second-order valence-corrected chi connectivity index (χ2v) is 8.67. The Labute approximate surface area is 151 Å². The molecule has 4 nitrogen and oxygen atoms in total. The summed E-state index contributed by atoms with van der Waals surface area (Å²) in [5, 5.41) is 3.90. The van der Waals surface area contributed by atoms with E-state index in [1.165, 1.54) is 10.5 Å². The molecule has 2 unspecified atom stereocenters. The van der Waals surface area contributed by atoms with Crippen LogP contribution in [0.3, 0.4) is 0 Å². The second-order valence-electron chi connectivity index (χ2n) is 7.05. The Balaban J connectivity index is 1.61. The number of hydrogen-bond acceptors (Lipinski definition) is 4. The lowest BCUT2D eigenvalue weighted by Crippen LogP contribution is -2.57. The van der Waals surface area contributed by atoms with Crippen molar-refractivity contribution in [1.29, 1.82) is 0 Å². The van der Waals surface area contributed by atoms with Gasteiger partial charge in [-0.15, -0.1) is 11.8 Å². The number of fused-ring (bicyclic) bond motifs is 2. The fraction of sp³-hybridized carbons (Fsp3) is 0.444. The molecular weight excluding hydrogens is 340 g/mol. The lowest BCUT2D eigenvalue weighted by Gasteiger charge is -2.38. The highest BCUT2D eigenvalue weighted by Gasteiger charge is 2.49. The minimum Gasteiger partial charge on any atom is -0.370 e. The maximum atomic E-state index is 13.2. The average Bonchev–Trinajstić information content (AvgIpc) is 2.88. The summed E-state index contributed by atoms with van der Waals surface area (Å²) in [6.45, 7) is 5.28. The molecular formula is C18H20N2O2S2. The summed E-state index contributed by atoms with van der Waals surface area (Å²) in [4.78, 5) is 16.1. The quantitative estimate of drug-likeness (QED) is 0.821. The molecule has 4 rings (SSSR count). The minimum atomic E-state index is -0.212. The largest absolute Gasteiger partial charge is 0.370 e. The zero-order chi connectivity index (χ0) is 16.9. The maximum Gasteiger partial charge on any atom is 0.239 e. The molecule has 0 aliphatic carbocycles. The number of ether oxygens (including phenoxy) is 1. The zero-order valence-corrected chi connectivity index (χ0v) is 15.4. The van der Waals surface area contributed by atoms with E-state index in [2.05, 4.69) is 19.2 Å². The first-order valence-electron chi connectivity index (χ1n) is 8.13. The molecule has 1 saturated heterocycles. The average molecular weight is 361 g/mol. The van der Waals surface area contributed by atoms with Crippen LogP contribution in [-0.4, -0.2) is 33.5 Å². The summed E-state index contributed by atoms with van der Waals surface area (Å²) in [6.07, 6.45) is 0.801. The minimum absolute atomic E-state index is 0.0134. The Morgan fingerprint density at radius 1 is 1.38 bits per heavy atom. The number of nitrogens with zero attached hydrogens (tertiary/aromatic N) is 1. The fourth-order valence-electron chi connectivity index (χ4n) is 3.53. The van der Waals surface area contributed by atoms with Crippen molar-refractivity contribution >= 4 is 35.0 Å². The number of carbonyl (C=O) groups excluding carboxylic acids is 1. The van der Waals surface area contributed by atoms with E-state index in [0.29, 0.717) is 18.3 Å². The monoisotopic (exact) mass is 360 g/mol. The van der Waals surface area contributed by atoms with E-state index in [9.17, 15) is 4.79 Å². The van der Waals surface area contributed by atoms with Gasteiger partial charge in [-0.25, -0.2) is 0 Å². The first kappa shape index (κ1) is 16.1. The Hall–Kier alpha value is -1.37. The molecule has 24 heavy (non-hydrogen) atoms. The van der Waals surface area contributed by atoms with Crippen molar-refractivity contribution in [2.75, 3.05) is 6.61 Å². The van der Waals surface area contributed by atoms with Crippen LogP contribution >= 0.6 is 24.0 Å². The molecule has 1 aromatic rings. The summed E-state index contributed by atoms with van der Waals surface area (Å²) < 4.78 is 5.91. The van der Waals surface area contributed by atoms with Crippen LogP contribution in [0, 0.1) is 5.92 Å². The number of rotatable bonds is 2. The number of benzene rings is 1. The van der Waals surface area contributed by atoms with Crippen molar-refractivity contribution < 1.29 is 9.53 Å². The molecule has 0 saturated carbocycles. The summed E-state index contributed by atoms with van der Waals surface area (Å²) >= 11 is 7.17. The van der Waals surface area contributed by atoms with Crippen LogP contribution in [0.25, 0.3) is 0 Å². The second kappa shape index (κ2) is 5.86. The van der Waals surface area contributed by atoms with Crippen LogP contribution in [0.15, 0.2) is 40.8 Å². The number of thiocarbonyl (C=S) groups is 1. The van der Waals surface area contributed by atoms with Crippen molar-refractivity contribution in [3.05, 3.63) is 46.4 Å². The normalized spacial score (nSPS) is 28.5. The van der Waals surface area contributed by atoms with E-state index in [4.69, 9.17) is 17.0 Å². The van der Waals surface area contributed by atoms with Gasteiger partial charge in [-0.3, -0.25) is 9.69 Å². The molecule has 2 atom stereocenters. The van der Waals surface area contributed by atoms with E-state index in [1.807, 2.05) is 30.3 Å². The summed E-state index contributed by atoms with van der Waals surface area (Å²) in [6, 6.07) is 9.98. The number of thioether (sulfide) groups is 1. The fourth-order valence-corrected chi connectivity index (χ4v) is 5.26. The Morgan fingerprint density at radius 2 is 2.12 bits per heavy atom. The Morgan fingerprint density at radius 3 is 2.88 bits per heavy atom. The summed E-state index contributed by atoms with van der Waals surface area (Å²) in [5.41, 5.74) is 2.11. The van der Waals surface area contributed by atoms with Gasteiger partial charge in [-0.05, 0) is 43.6 Å². The van der Waals surface area contributed by atoms with Crippen molar-refractivity contribution in [2.24, 2.45) is 5.92 Å². The molecule has 6 heteroatoms. The SMILES string of the molecule is CC1(C)CC2=C(CO1)SC1NC(=S)N(Cc3ccccc3)C(=O)C21. The maximum absolute atomic E-state index is 13.2. The molecule has 0 radical (unpaired) electrons.